The molecule has 0 aliphatic rings. The van der Waals surface area contributed by atoms with E-state index in [0.717, 1.165) is 18.6 Å². The van der Waals surface area contributed by atoms with E-state index in [1.807, 2.05) is 6.07 Å². The highest BCUT2D eigenvalue weighted by molar-refractivity contribution is 5.85. The van der Waals surface area contributed by atoms with Gasteiger partial charge in [-0.1, -0.05) is 13.8 Å². The van der Waals surface area contributed by atoms with Crippen LogP contribution in [0.25, 0.3) is 0 Å². The lowest BCUT2D eigenvalue weighted by atomic mass is 10.0. The van der Waals surface area contributed by atoms with Gasteiger partial charge in [0.15, 0.2) is 0 Å². The van der Waals surface area contributed by atoms with Crippen molar-refractivity contribution in [2.45, 2.75) is 39.3 Å². The van der Waals surface area contributed by atoms with E-state index in [1.54, 1.807) is 6.07 Å². The minimum absolute atomic E-state index is 0. The molecular weight excluding hydrogens is 214 g/mol. The molecule has 0 bridgehead atoms. The minimum atomic E-state index is -0.0586. The Hall–Kier alpha value is -0.510. The molecular formula is C11H20ClNO2. The van der Waals surface area contributed by atoms with E-state index >= 15 is 0 Å². The van der Waals surface area contributed by atoms with E-state index in [4.69, 9.17) is 15.3 Å². The summed E-state index contributed by atoms with van der Waals surface area (Å²) in [6, 6.07) is 3.57. The van der Waals surface area contributed by atoms with Crippen molar-refractivity contribution in [1.82, 2.24) is 0 Å². The van der Waals surface area contributed by atoms with E-state index in [9.17, 15) is 0 Å². The number of rotatable bonds is 5. The minimum Gasteiger partial charge on any atom is -0.462 e. The average molecular weight is 234 g/mol. The van der Waals surface area contributed by atoms with Crippen LogP contribution in [-0.4, -0.2) is 5.11 Å². The third-order valence-electron chi connectivity index (χ3n) is 2.26. The Kier molecular flexibility index (Phi) is 6.65. The van der Waals surface area contributed by atoms with E-state index in [1.165, 1.54) is 0 Å². The Morgan fingerprint density at radius 2 is 2.00 bits per heavy atom. The predicted molar refractivity (Wildman–Crippen MR) is 62.9 cm³/mol. The SMILES string of the molecule is CC(C)CC[C@H](N)c1ccc(CO)o1.Cl. The van der Waals surface area contributed by atoms with Gasteiger partial charge in [-0.15, -0.1) is 12.4 Å². The monoisotopic (exact) mass is 233 g/mol. The summed E-state index contributed by atoms with van der Waals surface area (Å²) >= 11 is 0. The van der Waals surface area contributed by atoms with Crippen LogP contribution >= 0.6 is 12.4 Å². The first kappa shape index (κ1) is 14.5. The molecule has 0 saturated heterocycles. The number of nitrogens with two attached hydrogens (primary N) is 1. The molecule has 0 amide bonds. The molecule has 1 heterocycles. The molecule has 0 unspecified atom stereocenters. The topological polar surface area (TPSA) is 59.4 Å². The van der Waals surface area contributed by atoms with Gasteiger partial charge >= 0.3 is 0 Å². The summed E-state index contributed by atoms with van der Waals surface area (Å²) in [6.45, 7) is 4.29. The number of furan rings is 1. The zero-order valence-electron chi connectivity index (χ0n) is 9.27. The van der Waals surface area contributed by atoms with Gasteiger partial charge in [0, 0.05) is 0 Å². The summed E-state index contributed by atoms with van der Waals surface area (Å²) in [6.07, 6.45) is 2.02. The van der Waals surface area contributed by atoms with Crippen LogP contribution in [0.15, 0.2) is 16.5 Å². The Bertz CT molecular complexity index is 273. The fourth-order valence-corrected chi connectivity index (χ4v) is 1.33. The van der Waals surface area contributed by atoms with Crippen molar-refractivity contribution in [1.29, 1.82) is 0 Å². The molecule has 1 aromatic rings. The Labute approximate surface area is 97.1 Å². The van der Waals surface area contributed by atoms with Gasteiger partial charge in [-0.2, -0.15) is 0 Å². The van der Waals surface area contributed by atoms with Gasteiger partial charge in [0.1, 0.15) is 18.1 Å². The smallest absolute Gasteiger partial charge is 0.129 e. The number of halogens is 1. The second-order valence-corrected chi connectivity index (χ2v) is 4.04. The zero-order valence-corrected chi connectivity index (χ0v) is 10.1. The molecule has 0 spiro atoms. The molecule has 1 rings (SSSR count). The molecule has 0 aliphatic heterocycles. The molecule has 1 aromatic heterocycles. The maximum Gasteiger partial charge on any atom is 0.129 e. The first-order chi connectivity index (χ1) is 6.63. The molecule has 0 aliphatic carbocycles. The predicted octanol–water partition coefficient (Wildman–Crippen LogP) is 2.63. The van der Waals surface area contributed by atoms with Crippen LogP contribution < -0.4 is 5.73 Å². The van der Waals surface area contributed by atoms with Crippen LogP contribution in [0.4, 0.5) is 0 Å². The highest BCUT2D eigenvalue weighted by Gasteiger charge is 2.11. The summed E-state index contributed by atoms with van der Waals surface area (Å²) in [7, 11) is 0. The third kappa shape index (κ3) is 4.69. The van der Waals surface area contributed by atoms with Crippen molar-refractivity contribution in [3.8, 4) is 0 Å². The number of aliphatic hydroxyl groups is 1. The second-order valence-electron chi connectivity index (χ2n) is 4.04. The number of aliphatic hydroxyl groups excluding tert-OH is 1. The lowest BCUT2D eigenvalue weighted by Crippen LogP contribution is -2.10. The van der Waals surface area contributed by atoms with Crippen LogP contribution in [0.3, 0.4) is 0 Å². The third-order valence-corrected chi connectivity index (χ3v) is 2.26. The van der Waals surface area contributed by atoms with Gasteiger partial charge < -0.3 is 15.3 Å². The Morgan fingerprint density at radius 3 is 2.47 bits per heavy atom. The summed E-state index contributed by atoms with van der Waals surface area (Å²) in [5.41, 5.74) is 5.94. The summed E-state index contributed by atoms with van der Waals surface area (Å²) in [4.78, 5) is 0. The fourth-order valence-electron chi connectivity index (χ4n) is 1.33. The molecule has 0 fully saturated rings. The van der Waals surface area contributed by atoms with Crippen molar-refractivity contribution in [2.24, 2.45) is 11.7 Å². The molecule has 4 heteroatoms. The maximum absolute atomic E-state index is 8.82. The van der Waals surface area contributed by atoms with Gasteiger partial charge in [-0.25, -0.2) is 0 Å². The molecule has 15 heavy (non-hydrogen) atoms. The first-order valence-corrected chi connectivity index (χ1v) is 5.08. The number of hydrogen-bond acceptors (Lipinski definition) is 3. The van der Waals surface area contributed by atoms with Crippen LogP contribution in [-0.2, 0) is 6.61 Å². The first-order valence-electron chi connectivity index (χ1n) is 5.08. The van der Waals surface area contributed by atoms with Crippen LogP contribution in [0.5, 0.6) is 0 Å². The van der Waals surface area contributed by atoms with Gasteiger partial charge in [-0.3, -0.25) is 0 Å². The molecule has 0 saturated carbocycles. The lowest BCUT2D eigenvalue weighted by molar-refractivity contribution is 0.240. The van der Waals surface area contributed by atoms with E-state index in [2.05, 4.69) is 13.8 Å². The van der Waals surface area contributed by atoms with Crippen LogP contribution in [0, 0.1) is 5.92 Å². The average Bonchev–Trinajstić information content (AvgIpc) is 2.62. The summed E-state index contributed by atoms with van der Waals surface area (Å²) < 4.78 is 5.35. The maximum atomic E-state index is 8.82. The van der Waals surface area contributed by atoms with Crippen molar-refractivity contribution in [2.75, 3.05) is 0 Å². The highest BCUT2D eigenvalue weighted by Crippen LogP contribution is 2.20. The normalized spacial score (nSPS) is 12.6. The molecule has 1 atom stereocenters. The summed E-state index contributed by atoms with van der Waals surface area (Å²) in [5.74, 6) is 2.02. The van der Waals surface area contributed by atoms with Crippen molar-refractivity contribution >= 4 is 12.4 Å². The van der Waals surface area contributed by atoms with E-state index in [0.29, 0.717) is 11.7 Å². The van der Waals surface area contributed by atoms with Gasteiger partial charge in [-0.05, 0) is 30.9 Å². The molecule has 3 N–H and O–H groups in total. The summed E-state index contributed by atoms with van der Waals surface area (Å²) in [5, 5.41) is 8.82. The van der Waals surface area contributed by atoms with E-state index in [-0.39, 0.29) is 25.1 Å². The molecule has 0 radical (unpaired) electrons. The van der Waals surface area contributed by atoms with Gasteiger partial charge in [0.2, 0.25) is 0 Å². The molecule has 88 valence electrons. The number of hydrogen-bond donors (Lipinski definition) is 2. The fraction of sp³-hybridized carbons (Fsp3) is 0.636. The Balaban J connectivity index is 0.00000196. The second kappa shape index (κ2) is 6.88. The molecule has 0 aromatic carbocycles. The lowest BCUT2D eigenvalue weighted by Gasteiger charge is -2.10. The Morgan fingerprint density at radius 1 is 1.33 bits per heavy atom. The van der Waals surface area contributed by atoms with Crippen LogP contribution in [0.1, 0.15) is 44.3 Å². The molecule has 3 nitrogen and oxygen atoms in total. The van der Waals surface area contributed by atoms with Crippen molar-refractivity contribution in [3.05, 3.63) is 23.7 Å². The van der Waals surface area contributed by atoms with E-state index < -0.39 is 0 Å². The standard InChI is InChI=1S/C11H19NO2.ClH/c1-8(2)3-5-10(12)11-6-4-9(7-13)14-11;/h4,6,8,10,13H,3,5,7,12H2,1-2H3;1H/t10-;/m0./s1. The van der Waals surface area contributed by atoms with Gasteiger partial charge in [0.25, 0.3) is 0 Å². The van der Waals surface area contributed by atoms with Crippen molar-refractivity contribution < 1.29 is 9.52 Å². The van der Waals surface area contributed by atoms with Crippen molar-refractivity contribution in [3.63, 3.8) is 0 Å². The zero-order chi connectivity index (χ0) is 10.6. The largest absolute Gasteiger partial charge is 0.462 e. The highest BCUT2D eigenvalue weighted by atomic mass is 35.5. The van der Waals surface area contributed by atoms with Crippen LogP contribution in [0.2, 0.25) is 0 Å². The van der Waals surface area contributed by atoms with Gasteiger partial charge in [0.05, 0.1) is 6.04 Å². The quantitative estimate of drug-likeness (QED) is 0.822.